The maximum Gasteiger partial charge on any atom is 0.410 e. The highest BCUT2D eigenvalue weighted by molar-refractivity contribution is 5.85. The van der Waals surface area contributed by atoms with Gasteiger partial charge in [0, 0.05) is 20.2 Å². The lowest BCUT2D eigenvalue weighted by atomic mass is 10.1. The highest BCUT2D eigenvalue weighted by Crippen LogP contribution is 2.24. The monoisotopic (exact) mass is 558 g/mol. The number of ether oxygens (including phenoxy) is 5. The lowest BCUT2D eigenvalue weighted by molar-refractivity contribution is -0.149. The molecule has 37 heavy (non-hydrogen) atoms. The normalized spacial score (nSPS) is 23.1. The third-order valence-electron chi connectivity index (χ3n) is 5.70. The summed E-state index contributed by atoms with van der Waals surface area (Å²) >= 11 is 0. The van der Waals surface area contributed by atoms with Crippen LogP contribution in [0.3, 0.4) is 0 Å². The minimum atomic E-state index is -0.722. The largest absolute Gasteiger partial charge is 0.444 e. The molecule has 11 nitrogen and oxygen atoms in total. The second-order valence-electron chi connectivity index (χ2n) is 10.6. The van der Waals surface area contributed by atoms with Crippen molar-refractivity contribution in [3.8, 4) is 0 Å². The van der Waals surface area contributed by atoms with Crippen LogP contribution in [0.2, 0.25) is 0 Å². The number of aliphatic hydroxyl groups excluding tert-OH is 3. The van der Waals surface area contributed by atoms with Crippen molar-refractivity contribution in [2.75, 3.05) is 59.7 Å². The van der Waals surface area contributed by atoms with Crippen LogP contribution in [0, 0.1) is 0 Å². The molecule has 3 heterocycles. The minimum absolute atomic E-state index is 0. The molecule has 0 aliphatic carbocycles. The molecule has 0 bridgehead atoms. The summed E-state index contributed by atoms with van der Waals surface area (Å²) in [4.78, 5) is 13.7. The number of nitrogens with zero attached hydrogens (tertiary/aromatic N) is 1. The molecule has 0 aromatic carbocycles. The molecule has 3 fully saturated rings. The van der Waals surface area contributed by atoms with E-state index < -0.39 is 17.5 Å². The summed E-state index contributed by atoms with van der Waals surface area (Å²) in [6.07, 6.45) is 3.13. The molecule has 0 radical (unpaired) electrons. The van der Waals surface area contributed by atoms with E-state index in [4.69, 9.17) is 39.0 Å². The standard InChI is InChI=1S/C16H29NO5.C8H17NO3.CH4O.ClH/c1-15(2,3)22-14(18)17-8-6-12(7-9-17)19-10-13-11-20-16(4,5)21-13;10-5-7(11)6-12-8-1-3-9-4-2-8;1-2;/h12-13H,6-11H2,1-5H3;7-11H,1-6H2;2H,1H3;1H/t13-;7-;;/m01../s1. The lowest BCUT2D eigenvalue weighted by Crippen LogP contribution is -2.43. The third kappa shape index (κ3) is 16.1. The number of halogens is 1. The average molecular weight is 559 g/mol. The van der Waals surface area contributed by atoms with Crippen molar-refractivity contribution in [1.29, 1.82) is 0 Å². The van der Waals surface area contributed by atoms with E-state index >= 15 is 0 Å². The zero-order chi connectivity index (χ0) is 27.2. The fourth-order valence-electron chi connectivity index (χ4n) is 3.88. The highest BCUT2D eigenvalue weighted by atomic mass is 35.5. The van der Waals surface area contributed by atoms with Crippen molar-refractivity contribution in [1.82, 2.24) is 10.2 Å². The molecule has 3 aliphatic rings. The second kappa shape index (κ2) is 18.5. The number of amides is 1. The molecule has 0 aromatic heterocycles. The molecule has 0 spiro atoms. The number of nitrogens with one attached hydrogen (secondary N) is 1. The Hall–Kier alpha value is -0.760. The average Bonchev–Trinajstić information content (AvgIpc) is 3.21. The predicted octanol–water partition coefficient (Wildman–Crippen LogP) is 1.69. The Bertz CT molecular complexity index is 593. The molecule has 4 N–H and O–H groups in total. The van der Waals surface area contributed by atoms with Gasteiger partial charge in [-0.15, -0.1) is 12.4 Å². The SMILES string of the molecule is CC(C)(C)OC(=O)N1CCC(OC[C@H]2COC(C)(C)O2)CC1.CO.Cl.OC[C@@H](O)COC1CCNCC1. The fraction of sp³-hybridized carbons (Fsp3) is 0.960. The molecule has 222 valence electrons. The molecule has 2 atom stereocenters. The van der Waals surface area contributed by atoms with Crippen molar-refractivity contribution in [2.24, 2.45) is 0 Å². The molecular weight excluding hydrogens is 508 g/mol. The van der Waals surface area contributed by atoms with Crippen LogP contribution in [-0.4, -0.2) is 122 Å². The molecule has 12 heteroatoms. The predicted molar refractivity (Wildman–Crippen MR) is 142 cm³/mol. The second-order valence-corrected chi connectivity index (χ2v) is 10.6. The van der Waals surface area contributed by atoms with Crippen molar-refractivity contribution < 1.29 is 43.8 Å². The molecule has 1 amide bonds. The molecule has 3 saturated heterocycles. The first-order chi connectivity index (χ1) is 17.0. The Labute approximate surface area is 228 Å². The third-order valence-corrected chi connectivity index (χ3v) is 5.70. The first kappa shape index (κ1) is 36.2. The molecule has 0 unspecified atom stereocenters. The number of hydrogen-bond donors (Lipinski definition) is 4. The van der Waals surface area contributed by atoms with Gasteiger partial charge >= 0.3 is 6.09 Å². The van der Waals surface area contributed by atoms with Gasteiger partial charge in [0.15, 0.2) is 5.79 Å². The quantitative estimate of drug-likeness (QED) is 0.365. The Morgan fingerprint density at radius 1 is 1.08 bits per heavy atom. The number of carbonyl (C=O) groups excluding carboxylic acids is 1. The van der Waals surface area contributed by atoms with Crippen molar-refractivity contribution in [3.05, 3.63) is 0 Å². The summed E-state index contributed by atoms with van der Waals surface area (Å²) in [6, 6.07) is 0. The number of aliphatic hydroxyl groups is 3. The molecule has 3 aliphatic heterocycles. The van der Waals surface area contributed by atoms with Crippen LogP contribution in [0.25, 0.3) is 0 Å². The Morgan fingerprint density at radius 2 is 1.65 bits per heavy atom. The molecular formula is C25H51ClN2O9. The van der Waals surface area contributed by atoms with Gasteiger partial charge in [-0.2, -0.15) is 0 Å². The van der Waals surface area contributed by atoms with Crippen LogP contribution in [-0.2, 0) is 23.7 Å². The summed E-state index contributed by atoms with van der Waals surface area (Å²) < 4.78 is 27.9. The number of rotatable bonds is 7. The number of likely N-dealkylation sites (tertiary alicyclic amines) is 1. The summed E-state index contributed by atoms with van der Waals surface area (Å²) in [6.45, 7) is 13.9. The van der Waals surface area contributed by atoms with Gasteiger partial charge in [-0.05, 0) is 73.4 Å². The number of carbonyl (C=O) groups is 1. The zero-order valence-corrected chi connectivity index (χ0v) is 24.3. The van der Waals surface area contributed by atoms with E-state index in [0.29, 0.717) is 26.3 Å². The lowest BCUT2D eigenvalue weighted by Gasteiger charge is -2.33. The van der Waals surface area contributed by atoms with E-state index in [1.165, 1.54) is 0 Å². The van der Waals surface area contributed by atoms with Gasteiger partial charge < -0.3 is 49.2 Å². The minimum Gasteiger partial charge on any atom is -0.444 e. The van der Waals surface area contributed by atoms with Crippen molar-refractivity contribution >= 4 is 18.5 Å². The van der Waals surface area contributed by atoms with Crippen LogP contribution >= 0.6 is 12.4 Å². The van der Waals surface area contributed by atoms with E-state index in [0.717, 1.165) is 45.9 Å². The van der Waals surface area contributed by atoms with Gasteiger partial charge in [-0.3, -0.25) is 0 Å². The van der Waals surface area contributed by atoms with Gasteiger partial charge in [0.2, 0.25) is 0 Å². The molecule has 0 saturated carbocycles. The first-order valence-corrected chi connectivity index (χ1v) is 12.9. The van der Waals surface area contributed by atoms with Crippen molar-refractivity contribution in [2.45, 2.75) is 96.1 Å². The topological polar surface area (TPSA) is 139 Å². The Morgan fingerprint density at radius 3 is 2.14 bits per heavy atom. The fourth-order valence-corrected chi connectivity index (χ4v) is 3.88. The van der Waals surface area contributed by atoms with E-state index in [2.05, 4.69) is 5.32 Å². The maximum absolute atomic E-state index is 12.0. The van der Waals surface area contributed by atoms with E-state index in [1.54, 1.807) is 4.90 Å². The summed E-state index contributed by atoms with van der Waals surface area (Å²) in [5, 5.41) is 27.7. The van der Waals surface area contributed by atoms with Gasteiger partial charge in [-0.25, -0.2) is 4.79 Å². The Kier molecular flexibility index (Phi) is 18.1. The zero-order valence-electron chi connectivity index (χ0n) is 23.4. The van der Waals surface area contributed by atoms with Gasteiger partial charge in [0.05, 0.1) is 38.6 Å². The maximum atomic E-state index is 12.0. The summed E-state index contributed by atoms with van der Waals surface area (Å²) in [5.74, 6) is -0.506. The van der Waals surface area contributed by atoms with Crippen LogP contribution in [0.5, 0.6) is 0 Å². The van der Waals surface area contributed by atoms with E-state index in [-0.39, 0.29) is 50.0 Å². The number of hydrogen-bond acceptors (Lipinski definition) is 10. The van der Waals surface area contributed by atoms with E-state index in [1.807, 2.05) is 34.6 Å². The first-order valence-electron chi connectivity index (χ1n) is 12.9. The van der Waals surface area contributed by atoms with Crippen molar-refractivity contribution in [3.63, 3.8) is 0 Å². The van der Waals surface area contributed by atoms with Gasteiger partial charge in [0.1, 0.15) is 17.8 Å². The molecule has 3 rings (SSSR count). The molecule has 0 aromatic rings. The van der Waals surface area contributed by atoms with Crippen LogP contribution in [0.1, 0.15) is 60.3 Å². The summed E-state index contributed by atoms with van der Waals surface area (Å²) in [5.41, 5.74) is -0.447. The van der Waals surface area contributed by atoms with Gasteiger partial charge in [-0.1, -0.05) is 0 Å². The summed E-state index contributed by atoms with van der Waals surface area (Å²) in [7, 11) is 1.00. The Balaban J connectivity index is 0.000000735. The highest BCUT2D eigenvalue weighted by Gasteiger charge is 2.34. The van der Waals surface area contributed by atoms with Crippen LogP contribution in [0.4, 0.5) is 4.79 Å². The van der Waals surface area contributed by atoms with E-state index in [9.17, 15) is 4.79 Å². The van der Waals surface area contributed by atoms with Crippen LogP contribution < -0.4 is 5.32 Å². The number of piperidine rings is 2. The smallest absolute Gasteiger partial charge is 0.410 e. The van der Waals surface area contributed by atoms with Gasteiger partial charge in [0.25, 0.3) is 0 Å². The van der Waals surface area contributed by atoms with Crippen LogP contribution in [0.15, 0.2) is 0 Å².